The van der Waals surface area contributed by atoms with E-state index in [0.717, 1.165) is 11.3 Å². The molecule has 1 N–H and O–H groups in total. The van der Waals surface area contributed by atoms with Crippen LogP contribution in [0.2, 0.25) is 0 Å². The molecule has 6 heteroatoms. The van der Waals surface area contributed by atoms with Crippen molar-refractivity contribution in [3.8, 4) is 11.5 Å². The molecule has 2 aromatic carbocycles. The third-order valence-corrected chi connectivity index (χ3v) is 4.04. The largest absolute Gasteiger partial charge is 0.506 e. The van der Waals surface area contributed by atoms with Gasteiger partial charge in [0.05, 0.1) is 30.0 Å². The molecule has 0 saturated carbocycles. The average Bonchev–Trinajstić information content (AvgIpc) is 2.53. The Morgan fingerprint density at radius 3 is 2.91 bits per heavy atom. The lowest BCUT2D eigenvalue weighted by Crippen LogP contribution is -2.21. The topological polar surface area (TPSA) is 64.3 Å². The van der Waals surface area contributed by atoms with Crippen molar-refractivity contribution in [1.29, 1.82) is 0 Å². The number of fused-ring (bicyclic) bond motifs is 1. The number of aromatic nitrogens is 2. The van der Waals surface area contributed by atoms with Crippen LogP contribution in [0, 0.1) is 0 Å². The first-order valence-corrected chi connectivity index (χ1v) is 7.39. The lowest BCUT2D eigenvalue weighted by Gasteiger charge is -2.09. The standard InChI is InChI=1S/C16H13BrN2O3/c1-22-11-4-2-3-10(7-11)8-19-9-18-13-6-5-12(17)15(20)14(13)16(19)21/h2-7,9,20H,8H2,1H3. The van der Waals surface area contributed by atoms with Gasteiger partial charge in [0, 0.05) is 0 Å². The van der Waals surface area contributed by atoms with Gasteiger partial charge in [0.15, 0.2) is 0 Å². The maximum atomic E-state index is 12.6. The fourth-order valence-corrected chi connectivity index (χ4v) is 2.61. The van der Waals surface area contributed by atoms with E-state index in [0.29, 0.717) is 16.5 Å². The second-order valence-corrected chi connectivity index (χ2v) is 5.67. The van der Waals surface area contributed by atoms with E-state index >= 15 is 0 Å². The number of phenols is 1. The molecule has 3 aromatic rings. The summed E-state index contributed by atoms with van der Waals surface area (Å²) in [6.07, 6.45) is 1.48. The second kappa shape index (κ2) is 5.81. The van der Waals surface area contributed by atoms with Crippen molar-refractivity contribution in [3.05, 3.63) is 63.1 Å². The molecule has 22 heavy (non-hydrogen) atoms. The maximum absolute atomic E-state index is 12.6. The van der Waals surface area contributed by atoms with Crippen LogP contribution in [0.3, 0.4) is 0 Å². The molecule has 0 aliphatic heterocycles. The van der Waals surface area contributed by atoms with Gasteiger partial charge in [-0.15, -0.1) is 0 Å². The normalized spacial score (nSPS) is 10.8. The molecule has 0 aliphatic rings. The Hall–Kier alpha value is -2.34. The Bertz CT molecular complexity index is 906. The number of benzene rings is 2. The minimum atomic E-state index is -0.286. The minimum absolute atomic E-state index is 0.0880. The van der Waals surface area contributed by atoms with Crippen LogP contribution in [-0.2, 0) is 6.54 Å². The Kier molecular flexibility index (Phi) is 3.85. The van der Waals surface area contributed by atoms with Crippen molar-refractivity contribution in [2.75, 3.05) is 7.11 Å². The van der Waals surface area contributed by atoms with Gasteiger partial charge in [-0.25, -0.2) is 4.98 Å². The fraction of sp³-hybridized carbons (Fsp3) is 0.125. The number of hydrogen-bond donors (Lipinski definition) is 1. The van der Waals surface area contributed by atoms with Gasteiger partial charge in [-0.05, 0) is 45.8 Å². The summed E-state index contributed by atoms with van der Waals surface area (Å²) in [6.45, 7) is 0.352. The highest BCUT2D eigenvalue weighted by Crippen LogP contribution is 2.29. The Morgan fingerprint density at radius 1 is 1.32 bits per heavy atom. The van der Waals surface area contributed by atoms with Gasteiger partial charge in [-0.3, -0.25) is 9.36 Å². The van der Waals surface area contributed by atoms with Crippen molar-refractivity contribution >= 4 is 26.8 Å². The maximum Gasteiger partial charge on any atom is 0.265 e. The third-order valence-electron chi connectivity index (χ3n) is 3.40. The monoisotopic (exact) mass is 360 g/mol. The predicted octanol–water partition coefficient (Wildman–Crippen LogP) is 2.92. The van der Waals surface area contributed by atoms with Crippen molar-refractivity contribution in [2.45, 2.75) is 6.54 Å². The van der Waals surface area contributed by atoms with Gasteiger partial charge in [0.1, 0.15) is 16.9 Å². The summed E-state index contributed by atoms with van der Waals surface area (Å²) in [5.41, 5.74) is 1.09. The van der Waals surface area contributed by atoms with Gasteiger partial charge in [0.2, 0.25) is 0 Å². The molecule has 0 saturated heterocycles. The highest BCUT2D eigenvalue weighted by Gasteiger charge is 2.11. The van der Waals surface area contributed by atoms with E-state index < -0.39 is 0 Å². The number of aromatic hydroxyl groups is 1. The molecule has 0 unspecified atom stereocenters. The van der Waals surface area contributed by atoms with E-state index in [1.54, 1.807) is 19.2 Å². The molecule has 5 nitrogen and oxygen atoms in total. The summed E-state index contributed by atoms with van der Waals surface area (Å²) >= 11 is 3.22. The molecule has 3 rings (SSSR count). The molecule has 0 spiro atoms. The smallest absolute Gasteiger partial charge is 0.265 e. The van der Waals surface area contributed by atoms with Crippen molar-refractivity contribution in [2.24, 2.45) is 0 Å². The average molecular weight is 361 g/mol. The van der Waals surface area contributed by atoms with Crippen LogP contribution < -0.4 is 10.3 Å². The van der Waals surface area contributed by atoms with E-state index in [-0.39, 0.29) is 16.7 Å². The van der Waals surface area contributed by atoms with Crippen LogP contribution in [0.15, 0.2) is 52.0 Å². The SMILES string of the molecule is COc1cccc(Cn2cnc3ccc(Br)c(O)c3c2=O)c1. The zero-order chi connectivity index (χ0) is 15.7. The molecule has 112 valence electrons. The van der Waals surface area contributed by atoms with E-state index in [4.69, 9.17) is 4.74 Å². The lowest BCUT2D eigenvalue weighted by atomic mass is 10.2. The highest BCUT2D eigenvalue weighted by atomic mass is 79.9. The number of phenolic OH excluding ortho intramolecular Hbond substituents is 1. The van der Waals surface area contributed by atoms with Crippen molar-refractivity contribution in [3.63, 3.8) is 0 Å². The molecule has 0 amide bonds. The molecule has 0 atom stereocenters. The molecule has 0 aliphatic carbocycles. The zero-order valence-electron chi connectivity index (χ0n) is 11.8. The van der Waals surface area contributed by atoms with Gasteiger partial charge in [0.25, 0.3) is 5.56 Å². The van der Waals surface area contributed by atoms with E-state index in [1.165, 1.54) is 10.9 Å². The van der Waals surface area contributed by atoms with Crippen molar-refractivity contribution < 1.29 is 9.84 Å². The molecule has 0 bridgehead atoms. The van der Waals surface area contributed by atoms with E-state index in [9.17, 15) is 9.90 Å². The van der Waals surface area contributed by atoms with Gasteiger partial charge < -0.3 is 9.84 Å². The predicted molar refractivity (Wildman–Crippen MR) is 87.5 cm³/mol. The lowest BCUT2D eigenvalue weighted by molar-refractivity contribution is 0.414. The third kappa shape index (κ3) is 2.57. The second-order valence-electron chi connectivity index (χ2n) is 4.82. The fourth-order valence-electron chi connectivity index (χ4n) is 2.28. The van der Waals surface area contributed by atoms with Gasteiger partial charge in [-0.2, -0.15) is 0 Å². The first kappa shape index (κ1) is 14.6. The summed E-state index contributed by atoms with van der Waals surface area (Å²) in [6, 6.07) is 10.8. The number of methoxy groups -OCH3 is 1. The number of nitrogens with zero attached hydrogens (tertiary/aromatic N) is 2. The highest BCUT2D eigenvalue weighted by molar-refractivity contribution is 9.10. The minimum Gasteiger partial charge on any atom is -0.506 e. The molecule has 1 aromatic heterocycles. The summed E-state index contributed by atoms with van der Waals surface area (Å²) in [5.74, 6) is 0.639. The number of rotatable bonds is 3. The number of hydrogen-bond acceptors (Lipinski definition) is 4. The molecular formula is C16H13BrN2O3. The van der Waals surface area contributed by atoms with Crippen LogP contribution >= 0.6 is 15.9 Å². The summed E-state index contributed by atoms with van der Waals surface area (Å²) < 4.78 is 7.11. The van der Waals surface area contributed by atoms with Crippen molar-refractivity contribution in [1.82, 2.24) is 9.55 Å². The zero-order valence-corrected chi connectivity index (χ0v) is 13.4. The van der Waals surface area contributed by atoms with Gasteiger partial charge >= 0.3 is 0 Å². The quantitative estimate of drug-likeness (QED) is 0.779. The molecule has 0 radical (unpaired) electrons. The van der Waals surface area contributed by atoms with Crippen LogP contribution in [0.4, 0.5) is 0 Å². The Morgan fingerprint density at radius 2 is 2.14 bits per heavy atom. The van der Waals surface area contributed by atoms with Crippen LogP contribution in [-0.4, -0.2) is 21.8 Å². The summed E-state index contributed by atoms with van der Waals surface area (Å²) in [7, 11) is 1.60. The number of ether oxygens (including phenoxy) is 1. The molecular weight excluding hydrogens is 348 g/mol. The van der Waals surface area contributed by atoms with Crippen LogP contribution in [0.25, 0.3) is 10.9 Å². The first-order chi connectivity index (χ1) is 10.6. The van der Waals surface area contributed by atoms with Gasteiger partial charge in [-0.1, -0.05) is 12.1 Å². The first-order valence-electron chi connectivity index (χ1n) is 6.59. The van der Waals surface area contributed by atoms with Crippen LogP contribution in [0.1, 0.15) is 5.56 Å². The Balaban J connectivity index is 2.10. The molecule has 1 heterocycles. The number of halogens is 1. The summed E-state index contributed by atoms with van der Waals surface area (Å²) in [4.78, 5) is 16.8. The Labute approximate surface area is 134 Å². The van der Waals surface area contributed by atoms with Crippen LogP contribution in [0.5, 0.6) is 11.5 Å². The van der Waals surface area contributed by atoms with E-state index in [1.807, 2.05) is 24.3 Å². The molecule has 0 fully saturated rings. The summed E-state index contributed by atoms with van der Waals surface area (Å²) in [5, 5.41) is 10.3. The van der Waals surface area contributed by atoms with E-state index in [2.05, 4.69) is 20.9 Å².